The van der Waals surface area contributed by atoms with Gasteiger partial charge in [0.25, 0.3) is 0 Å². The van der Waals surface area contributed by atoms with Gasteiger partial charge < -0.3 is 15.8 Å². The van der Waals surface area contributed by atoms with Crippen molar-refractivity contribution in [1.29, 1.82) is 0 Å². The summed E-state index contributed by atoms with van der Waals surface area (Å²) in [7, 11) is 1.70. The molecular weight excluding hydrogens is 200 g/mol. The van der Waals surface area contributed by atoms with Gasteiger partial charge >= 0.3 is 0 Å². The van der Waals surface area contributed by atoms with Crippen LogP contribution in [0.5, 0.6) is 5.75 Å². The molecule has 0 saturated heterocycles. The van der Waals surface area contributed by atoms with Crippen LogP contribution in [0.3, 0.4) is 0 Å². The van der Waals surface area contributed by atoms with E-state index in [4.69, 9.17) is 10.5 Å². The van der Waals surface area contributed by atoms with Crippen LogP contribution in [0.1, 0.15) is 31.0 Å². The number of nitrogens with one attached hydrogen (secondary N) is 1. The molecule has 0 saturated carbocycles. The van der Waals surface area contributed by atoms with Gasteiger partial charge in [0.2, 0.25) is 0 Å². The predicted octanol–water partition coefficient (Wildman–Crippen LogP) is 2.00. The molecule has 0 heterocycles. The van der Waals surface area contributed by atoms with E-state index in [0.29, 0.717) is 12.6 Å². The zero-order chi connectivity index (χ0) is 12.1. The number of hydrogen-bond acceptors (Lipinski definition) is 3. The summed E-state index contributed by atoms with van der Waals surface area (Å²) in [6.07, 6.45) is 0. The average Bonchev–Trinajstić information content (AvgIpc) is 2.28. The van der Waals surface area contributed by atoms with E-state index in [1.54, 1.807) is 7.11 Å². The zero-order valence-electron chi connectivity index (χ0n) is 10.6. The topological polar surface area (TPSA) is 47.3 Å². The van der Waals surface area contributed by atoms with Crippen molar-refractivity contribution in [2.24, 2.45) is 5.73 Å². The van der Waals surface area contributed by atoms with Crippen LogP contribution < -0.4 is 15.8 Å². The molecule has 0 radical (unpaired) electrons. The highest BCUT2D eigenvalue weighted by Gasteiger charge is 2.13. The number of methoxy groups -OCH3 is 1. The Morgan fingerprint density at radius 2 is 2.06 bits per heavy atom. The minimum absolute atomic E-state index is 0.244. The molecule has 0 aromatic heterocycles. The number of nitrogens with two attached hydrogens (primary N) is 1. The summed E-state index contributed by atoms with van der Waals surface area (Å²) >= 11 is 0. The highest BCUT2D eigenvalue weighted by molar-refractivity contribution is 5.38. The summed E-state index contributed by atoms with van der Waals surface area (Å²) in [5.41, 5.74) is 8.03. The molecule has 0 aliphatic carbocycles. The van der Waals surface area contributed by atoms with Crippen LogP contribution >= 0.6 is 0 Å². The molecular formula is C13H22N2O. The summed E-state index contributed by atoms with van der Waals surface area (Å²) in [5, 5.41) is 3.44. The lowest BCUT2D eigenvalue weighted by Crippen LogP contribution is -2.35. The third kappa shape index (κ3) is 3.22. The Balaban J connectivity index is 2.88. The number of ether oxygens (including phenoxy) is 1. The van der Waals surface area contributed by atoms with Crippen molar-refractivity contribution in [3.05, 3.63) is 29.3 Å². The van der Waals surface area contributed by atoms with Crippen LogP contribution in [0.4, 0.5) is 0 Å². The molecule has 0 bridgehead atoms. The first-order valence-electron chi connectivity index (χ1n) is 5.69. The van der Waals surface area contributed by atoms with Crippen molar-refractivity contribution < 1.29 is 4.74 Å². The number of benzene rings is 1. The van der Waals surface area contributed by atoms with Crippen LogP contribution in [0.15, 0.2) is 18.2 Å². The maximum atomic E-state index is 5.61. The number of hydrogen-bond donors (Lipinski definition) is 2. The molecule has 3 N–H and O–H groups in total. The largest absolute Gasteiger partial charge is 0.496 e. The van der Waals surface area contributed by atoms with Crippen LogP contribution in [-0.2, 0) is 0 Å². The molecule has 1 aromatic carbocycles. The van der Waals surface area contributed by atoms with Crippen molar-refractivity contribution >= 4 is 0 Å². The Morgan fingerprint density at radius 1 is 1.38 bits per heavy atom. The predicted molar refractivity (Wildman–Crippen MR) is 67.8 cm³/mol. The maximum absolute atomic E-state index is 5.61. The average molecular weight is 222 g/mol. The molecule has 1 rings (SSSR count). The Kier molecular flexibility index (Phi) is 4.77. The van der Waals surface area contributed by atoms with E-state index in [2.05, 4.69) is 38.2 Å². The lowest BCUT2D eigenvalue weighted by molar-refractivity contribution is 0.396. The van der Waals surface area contributed by atoms with Crippen molar-refractivity contribution in [1.82, 2.24) is 5.32 Å². The van der Waals surface area contributed by atoms with E-state index in [9.17, 15) is 0 Å². The molecule has 2 unspecified atom stereocenters. The van der Waals surface area contributed by atoms with Gasteiger partial charge in [-0.05, 0) is 26.8 Å². The Bertz CT molecular complexity index is 339. The van der Waals surface area contributed by atoms with Gasteiger partial charge in [0.1, 0.15) is 5.75 Å². The first-order valence-corrected chi connectivity index (χ1v) is 5.69. The molecule has 0 amide bonds. The second-order valence-corrected chi connectivity index (χ2v) is 4.27. The van der Waals surface area contributed by atoms with Crippen LogP contribution in [0.25, 0.3) is 0 Å². The molecule has 1 aromatic rings. The molecule has 3 heteroatoms. The smallest absolute Gasteiger partial charge is 0.123 e. The summed E-state index contributed by atoms with van der Waals surface area (Å²) < 4.78 is 5.37. The zero-order valence-corrected chi connectivity index (χ0v) is 10.6. The van der Waals surface area contributed by atoms with Gasteiger partial charge in [-0.1, -0.05) is 17.7 Å². The van der Waals surface area contributed by atoms with E-state index in [0.717, 1.165) is 5.75 Å². The van der Waals surface area contributed by atoms with Crippen LogP contribution in [0, 0.1) is 6.92 Å². The van der Waals surface area contributed by atoms with Gasteiger partial charge in [0.15, 0.2) is 0 Å². The van der Waals surface area contributed by atoms with Gasteiger partial charge in [0, 0.05) is 24.2 Å². The fourth-order valence-corrected chi connectivity index (χ4v) is 1.78. The summed E-state index contributed by atoms with van der Waals surface area (Å²) in [4.78, 5) is 0. The van der Waals surface area contributed by atoms with Gasteiger partial charge in [-0.15, -0.1) is 0 Å². The molecule has 3 nitrogen and oxygen atoms in total. The van der Waals surface area contributed by atoms with Gasteiger partial charge in [-0.25, -0.2) is 0 Å². The molecule has 2 atom stereocenters. The quantitative estimate of drug-likeness (QED) is 0.801. The molecule has 0 fully saturated rings. The Labute approximate surface area is 98.0 Å². The third-order valence-electron chi connectivity index (χ3n) is 2.74. The van der Waals surface area contributed by atoms with Gasteiger partial charge in [-0.3, -0.25) is 0 Å². The second kappa shape index (κ2) is 5.87. The summed E-state index contributed by atoms with van der Waals surface area (Å²) in [6.45, 7) is 6.93. The fourth-order valence-electron chi connectivity index (χ4n) is 1.78. The van der Waals surface area contributed by atoms with Crippen molar-refractivity contribution in [2.45, 2.75) is 32.9 Å². The SMILES string of the molecule is COc1ccc(C)cc1C(C)NC(C)CN. The highest BCUT2D eigenvalue weighted by Crippen LogP contribution is 2.26. The minimum Gasteiger partial charge on any atom is -0.496 e. The number of aryl methyl sites for hydroxylation is 1. The molecule has 0 spiro atoms. The summed E-state index contributed by atoms with van der Waals surface area (Å²) in [5.74, 6) is 0.926. The van der Waals surface area contributed by atoms with Crippen LogP contribution in [-0.4, -0.2) is 19.7 Å². The van der Waals surface area contributed by atoms with Crippen LogP contribution in [0.2, 0.25) is 0 Å². The Morgan fingerprint density at radius 3 is 2.62 bits per heavy atom. The van der Waals surface area contributed by atoms with E-state index < -0.39 is 0 Å². The minimum atomic E-state index is 0.244. The first kappa shape index (κ1) is 13.0. The number of rotatable bonds is 5. The monoisotopic (exact) mass is 222 g/mol. The molecule has 90 valence electrons. The molecule has 0 aliphatic heterocycles. The summed E-state index contributed by atoms with van der Waals surface area (Å²) in [6, 6.07) is 6.77. The van der Waals surface area contributed by atoms with Gasteiger partial charge in [-0.2, -0.15) is 0 Å². The standard InChI is InChI=1S/C13H22N2O/c1-9-5-6-13(16-4)12(7-9)11(3)15-10(2)8-14/h5-7,10-11,15H,8,14H2,1-4H3. The second-order valence-electron chi connectivity index (χ2n) is 4.27. The van der Waals surface area contributed by atoms with E-state index in [1.165, 1.54) is 11.1 Å². The Hall–Kier alpha value is -1.06. The molecule has 16 heavy (non-hydrogen) atoms. The fraction of sp³-hybridized carbons (Fsp3) is 0.538. The molecule has 0 aliphatic rings. The third-order valence-corrected chi connectivity index (χ3v) is 2.74. The van der Waals surface area contributed by atoms with E-state index in [1.807, 2.05) is 6.07 Å². The van der Waals surface area contributed by atoms with Crippen molar-refractivity contribution in [3.8, 4) is 5.75 Å². The van der Waals surface area contributed by atoms with Crippen molar-refractivity contribution in [2.75, 3.05) is 13.7 Å². The van der Waals surface area contributed by atoms with Gasteiger partial charge in [0.05, 0.1) is 7.11 Å². The normalized spacial score (nSPS) is 14.6. The van der Waals surface area contributed by atoms with Crippen molar-refractivity contribution in [3.63, 3.8) is 0 Å². The lowest BCUT2D eigenvalue weighted by atomic mass is 10.0. The maximum Gasteiger partial charge on any atom is 0.123 e. The highest BCUT2D eigenvalue weighted by atomic mass is 16.5. The van der Waals surface area contributed by atoms with E-state index in [-0.39, 0.29) is 6.04 Å². The lowest BCUT2D eigenvalue weighted by Gasteiger charge is -2.21. The van der Waals surface area contributed by atoms with E-state index >= 15 is 0 Å². The first-order chi connectivity index (χ1) is 7.58.